The van der Waals surface area contributed by atoms with Gasteiger partial charge >= 0.3 is 5.97 Å². The molecule has 4 aromatic carbocycles. The van der Waals surface area contributed by atoms with Gasteiger partial charge in [0.25, 0.3) is 0 Å². The van der Waals surface area contributed by atoms with Crippen molar-refractivity contribution in [3.63, 3.8) is 0 Å². The zero-order valence-corrected chi connectivity index (χ0v) is 31.3. The Morgan fingerprint density at radius 1 is 0.870 bits per heavy atom. The number of halogens is 3. The third kappa shape index (κ3) is 8.46. The average Bonchev–Trinajstić information content (AvgIpc) is 3.19. The first kappa shape index (κ1) is 38.6. The first-order valence-corrected chi connectivity index (χ1v) is 18.0. The van der Waals surface area contributed by atoms with Crippen LogP contribution in [0, 0.1) is 22.7 Å². The van der Waals surface area contributed by atoms with E-state index in [0.29, 0.717) is 26.7 Å². The number of nitrogens with one attached hydrogen (secondary N) is 2. The number of aliphatic carboxylic acids is 1. The number of hydrogen-bond donors (Lipinski definition) is 4. The van der Waals surface area contributed by atoms with Crippen molar-refractivity contribution >= 4 is 40.8 Å². The van der Waals surface area contributed by atoms with E-state index < -0.39 is 18.1 Å². The largest absolute Gasteiger partial charge is 0.480 e. The number of benzene rings is 4. The van der Waals surface area contributed by atoms with Crippen molar-refractivity contribution in [1.29, 1.82) is 10.5 Å². The first-order valence-electron chi connectivity index (χ1n) is 16.9. The molecule has 0 saturated carbocycles. The van der Waals surface area contributed by atoms with Crippen molar-refractivity contribution in [2.45, 2.75) is 45.2 Å². The molecule has 54 heavy (non-hydrogen) atoms. The third-order valence-corrected chi connectivity index (χ3v) is 10.3. The van der Waals surface area contributed by atoms with E-state index in [9.17, 15) is 25.5 Å². The molecular formula is C41H34Cl3N5O5. The van der Waals surface area contributed by atoms with Crippen LogP contribution in [-0.4, -0.2) is 39.9 Å². The van der Waals surface area contributed by atoms with Crippen molar-refractivity contribution in [1.82, 2.24) is 15.6 Å². The molecule has 6 rings (SSSR count). The molecule has 4 N–H and O–H groups in total. The number of aliphatic hydroxyl groups excluding tert-OH is 1. The molecule has 0 bridgehead atoms. The number of carboxylic acid groups (broad SMARTS) is 1. The van der Waals surface area contributed by atoms with Gasteiger partial charge in [0.2, 0.25) is 11.8 Å². The second-order valence-electron chi connectivity index (χ2n) is 13.0. The Hall–Kier alpha value is -5.17. The summed E-state index contributed by atoms with van der Waals surface area (Å²) in [4.78, 5) is 16.4. The smallest absolute Gasteiger partial charge is 0.326 e. The number of aliphatic hydroxyl groups is 1. The summed E-state index contributed by atoms with van der Waals surface area (Å²) in [5, 5.41) is 45.6. The molecule has 5 aromatic rings. The van der Waals surface area contributed by atoms with Crippen LogP contribution in [0.2, 0.25) is 15.1 Å². The van der Waals surface area contributed by atoms with Gasteiger partial charge in [-0.05, 0) is 72.5 Å². The van der Waals surface area contributed by atoms with E-state index >= 15 is 0 Å². The normalized spacial score (nSPS) is 13.2. The van der Waals surface area contributed by atoms with Crippen LogP contribution in [0.1, 0.15) is 45.9 Å². The molecule has 0 spiro atoms. The number of ether oxygens (including phenoxy) is 2. The molecule has 1 atom stereocenters. The minimum atomic E-state index is -1.66. The van der Waals surface area contributed by atoms with Crippen LogP contribution in [0.25, 0.3) is 22.3 Å². The summed E-state index contributed by atoms with van der Waals surface area (Å²) in [7, 11) is 0. The lowest BCUT2D eigenvalue weighted by atomic mass is 9.93. The quantitative estimate of drug-likeness (QED) is 0.0926. The molecule has 0 saturated heterocycles. The Morgan fingerprint density at radius 2 is 1.56 bits per heavy atom. The maximum absolute atomic E-state index is 11.8. The van der Waals surface area contributed by atoms with Crippen molar-refractivity contribution in [3.05, 3.63) is 133 Å². The van der Waals surface area contributed by atoms with Gasteiger partial charge in [-0.2, -0.15) is 15.5 Å². The minimum absolute atomic E-state index is 0.0189. The first-order chi connectivity index (χ1) is 26.0. The monoisotopic (exact) mass is 781 g/mol. The van der Waals surface area contributed by atoms with E-state index in [1.807, 2.05) is 48.5 Å². The summed E-state index contributed by atoms with van der Waals surface area (Å²) in [5.41, 5.74) is 6.43. The summed E-state index contributed by atoms with van der Waals surface area (Å²) in [6.07, 6.45) is 0.989. The standard InChI is InChI=1S/C41H34Cl3N5O5/c1-41(23-50,40(51)52)48-20-31-16-35(42)39(49-38(31)53-21-26-13-24(17-45)12-25(14-26)18-46)54-22-29-4-2-6-33(36(29)43)34-7-3-5-32(37(34)44)28-9-8-27-10-11-47-19-30(27)15-28/h2-9,12-16,47-48,50H,10-11,19-23H2,1H3,(H,51,52). The van der Waals surface area contributed by atoms with E-state index in [4.69, 9.17) is 44.3 Å². The van der Waals surface area contributed by atoms with E-state index in [-0.39, 0.29) is 47.7 Å². The number of fused-ring (bicyclic) bond motifs is 1. The van der Waals surface area contributed by atoms with Gasteiger partial charge in [0.05, 0.1) is 39.9 Å². The Labute approximate surface area is 327 Å². The van der Waals surface area contributed by atoms with E-state index in [1.54, 1.807) is 12.1 Å². The molecule has 2 heterocycles. The Morgan fingerprint density at radius 3 is 2.26 bits per heavy atom. The van der Waals surface area contributed by atoms with Gasteiger partial charge < -0.3 is 25.0 Å². The molecule has 0 aliphatic carbocycles. The molecule has 1 unspecified atom stereocenters. The third-order valence-electron chi connectivity index (χ3n) is 9.20. The zero-order chi connectivity index (χ0) is 38.4. The Bertz CT molecular complexity index is 2290. The average molecular weight is 783 g/mol. The van der Waals surface area contributed by atoms with Gasteiger partial charge in [-0.15, -0.1) is 0 Å². The summed E-state index contributed by atoms with van der Waals surface area (Å²) < 4.78 is 12.2. The zero-order valence-electron chi connectivity index (χ0n) is 29.1. The molecule has 0 fully saturated rings. The molecule has 0 radical (unpaired) electrons. The Balaban J connectivity index is 1.27. The molecule has 13 heteroatoms. The second-order valence-corrected chi connectivity index (χ2v) is 14.1. The molecule has 1 aromatic heterocycles. The molecule has 1 aliphatic rings. The lowest BCUT2D eigenvalue weighted by Crippen LogP contribution is -2.52. The predicted molar refractivity (Wildman–Crippen MR) is 206 cm³/mol. The number of rotatable bonds is 13. The maximum atomic E-state index is 11.8. The number of carboxylic acids is 1. The van der Waals surface area contributed by atoms with Crippen molar-refractivity contribution in [2.75, 3.05) is 13.2 Å². The lowest BCUT2D eigenvalue weighted by molar-refractivity contribution is -0.145. The van der Waals surface area contributed by atoms with Crippen LogP contribution in [0.15, 0.2) is 78.9 Å². The molecule has 274 valence electrons. The molecule has 10 nitrogen and oxygen atoms in total. The number of nitriles is 2. The van der Waals surface area contributed by atoms with Crippen molar-refractivity contribution in [3.8, 4) is 46.2 Å². The van der Waals surface area contributed by atoms with Crippen LogP contribution in [0.5, 0.6) is 11.8 Å². The van der Waals surface area contributed by atoms with E-state index in [2.05, 4.69) is 33.8 Å². The highest BCUT2D eigenvalue weighted by Gasteiger charge is 2.32. The summed E-state index contributed by atoms with van der Waals surface area (Å²) in [6, 6.07) is 28.1. The summed E-state index contributed by atoms with van der Waals surface area (Å²) >= 11 is 20.7. The van der Waals surface area contributed by atoms with Crippen LogP contribution in [0.4, 0.5) is 0 Å². The number of carbonyl (C=O) groups is 1. The molecule has 0 amide bonds. The number of pyridine rings is 1. The van der Waals surface area contributed by atoms with Gasteiger partial charge in [0, 0.05) is 40.9 Å². The summed E-state index contributed by atoms with van der Waals surface area (Å²) in [5.74, 6) is -1.19. The van der Waals surface area contributed by atoms with Crippen LogP contribution >= 0.6 is 34.8 Å². The van der Waals surface area contributed by atoms with Gasteiger partial charge in [-0.25, -0.2) is 0 Å². The fraction of sp³-hybridized carbons (Fsp3) is 0.220. The molecule has 1 aliphatic heterocycles. The van der Waals surface area contributed by atoms with Crippen molar-refractivity contribution < 1.29 is 24.5 Å². The van der Waals surface area contributed by atoms with Gasteiger partial charge in [0.15, 0.2) is 0 Å². The summed E-state index contributed by atoms with van der Waals surface area (Å²) in [6.45, 7) is 2.23. The van der Waals surface area contributed by atoms with Crippen LogP contribution in [0.3, 0.4) is 0 Å². The SMILES string of the molecule is CC(CO)(NCc1cc(Cl)c(OCc2cccc(-c3cccc(-c4ccc5c(c4)CNCC5)c3Cl)c2Cl)nc1OCc1cc(C#N)cc(C#N)c1)C(=O)O. The van der Waals surface area contributed by atoms with Crippen LogP contribution in [-0.2, 0) is 37.5 Å². The number of nitrogens with zero attached hydrogens (tertiary/aromatic N) is 3. The van der Waals surface area contributed by atoms with Crippen molar-refractivity contribution in [2.24, 2.45) is 0 Å². The Kier molecular flexibility index (Phi) is 12.1. The van der Waals surface area contributed by atoms with Gasteiger partial charge in [0.1, 0.15) is 23.8 Å². The van der Waals surface area contributed by atoms with Gasteiger partial charge in [-0.1, -0.05) is 83.3 Å². The fourth-order valence-corrected chi connectivity index (χ4v) is 6.90. The molecular weight excluding hydrogens is 749 g/mol. The predicted octanol–water partition coefficient (Wildman–Crippen LogP) is 7.85. The topological polar surface area (TPSA) is 161 Å². The highest BCUT2D eigenvalue weighted by Crippen LogP contribution is 2.41. The number of hydrogen-bond acceptors (Lipinski definition) is 9. The van der Waals surface area contributed by atoms with E-state index in [1.165, 1.54) is 30.2 Å². The van der Waals surface area contributed by atoms with E-state index in [0.717, 1.165) is 41.8 Å². The lowest BCUT2D eigenvalue weighted by Gasteiger charge is -2.24. The minimum Gasteiger partial charge on any atom is -0.480 e. The maximum Gasteiger partial charge on any atom is 0.326 e. The second kappa shape index (κ2) is 16.9. The number of aromatic nitrogens is 1. The fourth-order valence-electron chi connectivity index (χ4n) is 6.05. The highest BCUT2D eigenvalue weighted by molar-refractivity contribution is 6.38. The van der Waals surface area contributed by atoms with Crippen LogP contribution < -0.4 is 20.1 Å². The van der Waals surface area contributed by atoms with Gasteiger partial charge in [-0.3, -0.25) is 10.1 Å². The highest BCUT2D eigenvalue weighted by atomic mass is 35.5.